The highest BCUT2D eigenvalue weighted by molar-refractivity contribution is 5.93. The summed E-state index contributed by atoms with van der Waals surface area (Å²) in [5, 5.41) is 19.1. The van der Waals surface area contributed by atoms with E-state index in [0.717, 1.165) is 13.1 Å². The van der Waals surface area contributed by atoms with Crippen LogP contribution in [-0.4, -0.2) is 68.6 Å². The third-order valence-corrected chi connectivity index (χ3v) is 3.67. The zero-order valence-corrected chi connectivity index (χ0v) is 14.2. The van der Waals surface area contributed by atoms with Crippen LogP contribution in [0.2, 0.25) is 0 Å². The first kappa shape index (κ1) is 17.7. The molecule has 12 heteroatoms. The Kier molecular flexibility index (Phi) is 5.66. The monoisotopic (exact) mass is 361 g/mol. The third-order valence-electron chi connectivity index (χ3n) is 3.67. The molecule has 3 rings (SSSR count). The van der Waals surface area contributed by atoms with Gasteiger partial charge in [-0.25, -0.2) is 10.1 Å². The van der Waals surface area contributed by atoms with Crippen LogP contribution in [0.5, 0.6) is 0 Å². The first-order valence-electron chi connectivity index (χ1n) is 7.98. The van der Waals surface area contributed by atoms with Crippen molar-refractivity contribution in [3.63, 3.8) is 0 Å². The van der Waals surface area contributed by atoms with Gasteiger partial charge in [0.25, 0.3) is 5.91 Å². The molecule has 0 saturated carbocycles. The number of morpholine rings is 1. The molecule has 12 nitrogen and oxygen atoms in total. The summed E-state index contributed by atoms with van der Waals surface area (Å²) in [6, 6.07) is 0. The minimum Gasteiger partial charge on any atom is -0.379 e. The quantitative estimate of drug-likeness (QED) is 0.505. The van der Waals surface area contributed by atoms with Gasteiger partial charge >= 0.3 is 0 Å². The van der Waals surface area contributed by atoms with Crippen LogP contribution >= 0.6 is 0 Å². The molecule has 2 aromatic rings. The molecule has 26 heavy (non-hydrogen) atoms. The molecule has 0 spiro atoms. The lowest BCUT2D eigenvalue weighted by atomic mass is 10.2. The second-order valence-corrected chi connectivity index (χ2v) is 5.40. The van der Waals surface area contributed by atoms with Gasteiger partial charge in [0.1, 0.15) is 0 Å². The lowest BCUT2D eigenvalue weighted by Gasteiger charge is -2.26. The average molecular weight is 361 g/mol. The number of ether oxygens (including phenoxy) is 1. The van der Waals surface area contributed by atoms with E-state index in [4.69, 9.17) is 10.5 Å². The fraction of sp³-hybridized carbons (Fsp3) is 0.429. The van der Waals surface area contributed by atoms with Gasteiger partial charge in [-0.05, 0) is 23.3 Å². The summed E-state index contributed by atoms with van der Waals surface area (Å²) in [6.45, 7) is 4.92. The SMILES string of the molecule is C/C=C\C=NNC(=O)c1nnn(-c2nonc2N)c1CN1CCOCC1. The summed E-state index contributed by atoms with van der Waals surface area (Å²) >= 11 is 0. The maximum atomic E-state index is 12.4. The highest BCUT2D eigenvalue weighted by Crippen LogP contribution is 2.18. The number of anilines is 1. The smallest absolute Gasteiger partial charge is 0.293 e. The van der Waals surface area contributed by atoms with Crippen molar-refractivity contribution in [3.8, 4) is 5.82 Å². The van der Waals surface area contributed by atoms with Crippen LogP contribution in [0.15, 0.2) is 21.9 Å². The molecule has 1 saturated heterocycles. The van der Waals surface area contributed by atoms with E-state index in [1.165, 1.54) is 10.9 Å². The van der Waals surface area contributed by atoms with Gasteiger partial charge in [0.15, 0.2) is 5.69 Å². The van der Waals surface area contributed by atoms with E-state index in [1.54, 1.807) is 12.2 Å². The van der Waals surface area contributed by atoms with Gasteiger partial charge in [0.2, 0.25) is 11.6 Å². The Bertz CT molecular complexity index is 804. The number of hydrogen-bond donors (Lipinski definition) is 2. The van der Waals surface area contributed by atoms with E-state index in [9.17, 15) is 4.79 Å². The molecule has 0 unspecified atom stereocenters. The summed E-state index contributed by atoms with van der Waals surface area (Å²) in [5.74, 6) is -0.260. The number of hydrazone groups is 1. The molecule has 0 aromatic carbocycles. The summed E-state index contributed by atoms with van der Waals surface area (Å²) in [4.78, 5) is 14.6. The van der Waals surface area contributed by atoms with Gasteiger partial charge in [-0.3, -0.25) is 9.69 Å². The van der Waals surface area contributed by atoms with Crippen LogP contribution in [0.25, 0.3) is 5.82 Å². The number of carbonyl (C=O) groups excluding carboxylic acids is 1. The Morgan fingerprint density at radius 2 is 2.19 bits per heavy atom. The Morgan fingerprint density at radius 1 is 1.38 bits per heavy atom. The van der Waals surface area contributed by atoms with E-state index in [2.05, 4.69) is 40.7 Å². The highest BCUT2D eigenvalue weighted by Gasteiger charge is 2.26. The maximum absolute atomic E-state index is 12.4. The van der Waals surface area contributed by atoms with Crippen molar-refractivity contribution >= 4 is 17.9 Å². The lowest BCUT2D eigenvalue weighted by molar-refractivity contribution is 0.0332. The molecule has 138 valence electrons. The molecule has 2 aromatic heterocycles. The molecular formula is C14H19N9O3. The van der Waals surface area contributed by atoms with Gasteiger partial charge in [0.05, 0.1) is 18.9 Å². The van der Waals surface area contributed by atoms with Crippen LogP contribution in [0, 0.1) is 0 Å². The van der Waals surface area contributed by atoms with Gasteiger partial charge in [0, 0.05) is 25.8 Å². The van der Waals surface area contributed by atoms with Gasteiger partial charge in [-0.15, -0.1) is 5.10 Å². The molecule has 1 amide bonds. The Hall–Kier alpha value is -3.12. The fourth-order valence-electron chi connectivity index (χ4n) is 2.38. The molecule has 0 radical (unpaired) electrons. The van der Waals surface area contributed by atoms with Crippen molar-refractivity contribution in [1.29, 1.82) is 0 Å². The third kappa shape index (κ3) is 3.92. The van der Waals surface area contributed by atoms with Crippen LogP contribution in [0.1, 0.15) is 23.1 Å². The average Bonchev–Trinajstić information content (AvgIpc) is 3.25. The van der Waals surface area contributed by atoms with Crippen molar-refractivity contribution in [2.75, 3.05) is 32.0 Å². The Morgan fingerprint density at radius 3 is 2.88 bits per heavy atom. The maximum Gasteiger partial charge on any atom is 0.293 e. The first-order valence-corrected chi connectivity index (χ1v) is 7.98. The molecule has 1 fully saturated rings. The zero-order valence-electron chi connectivity index (χ0n) is 14.2. The van der Waals surface area contributed by atoms with E-state index >= 15 is 0 Å². The summed E-state index contributed by atoms with van der Waals surface area (Å²) in [5.41, 5.74) is 8.80. The Labute approximate surface area is 148 Å². The van der Waals surface area contributed by atoms with Gasteiger partial charge < -0.3 is 10.5 Å². The van der Waals surface area contributed by atoms with Crippen molar-refractivity contribution in [1.82, 2.24) is 35.6 Å². The number of allylic oxidation sites excluding steroid dienone is 2. The summed E-state index contributed by atoms with van der Waals surface area (Å²) in [6.07, 6.45) is 4.94. The van der Waals surface area contributed by atoms with E-state index in [-0.39, 0.29) is 17.3 Å². The van der Waals surface area contributed by atoms with Crippen LogP contribution in [0.4, 0.5) is 5.82 Å². The first-order chi connectivity index (χ1) is 12.7. The van der Waals surface area contributed by atoms with Crippen molar-refractivity contribution in [2.45, 2.75) is 13.5 Å². The predicted molar refractivity (Wildman–Crippen MR) is 90.5 cm³/mol. The van der Waals surface area contributed by atoms with E-state index in [1.807, 2.05) is 6.92 Å². The molecule has 0 bridgehead atoms. The van der Waals surface area contributed by atoms with Crippen molar-refractivity contribution < 1.29 is 14.2 Å². The lowest BCUT2D eigenvalue weighted by Crippen LogP contribution is -2.37. The number of rotatable bonds is 6. The number of nitrogens with one attached hydrogen (secondary N) is 1. The molecule has 3 N–H and O–H groups in total. The van der Waals surface area contributed by atoms with Crippen LogP contribution in [0.3, 0.4) is 0 Å². The zero-order chi connectivity index (χ0) is 18.4. The van der Waals surface area contributed by atoms with E-state index < -0.39 is 5.91 Å². The molecule has 0 aliphatic carbocycles. The topological polar surface area (TPSA) is 150 Å². The minimum absolute atomic E-state index is 0.0520. The number of amides is 1. The Balaban J connectivity index is 1.89. The highest BCUT2D eigenvalue weighted by atomic mass is 16.6. The predicted octanol–water partition coefficient (Wildman–Crippen LogP) is -0.644. The van der Waals surface area contributed by atoms with E-state index in [0.29, 0.717) is 25.5 Å². The molecule has 1 aliphatic heterocycles. The minimum atomic E-state index is -0.490. The number of nitrogen functional groups attached to an aromatic ring is 1. The fourth-order valence-corrected chi connectivity index (χ4v) is 2.38. The van der Waals surface area contributed by atoms with Crippen molar-refractivity contribution in [2.24, 2.45) is 5.10 Å². The molecule has 1 aliphatic rings. The van der Waals surface area contributed by atoms with Crippen LogP contribution in [-0.2, 0) is 11.3 Å². The number of carbonyl (C=O) groups is 1. The summed E-state index contributed by atoms with van der Waals surface area (Å²) in [7, 11) is 0. The molecular weight excluding hydrogens is 342 g/mol. The number of hydrogen-bond acceptors (Lipinski definition) is 10. The number of nitrogens with two attached hydrogens (primary N) is 1. The largest absolute Gasteiger partial charge is 0.379 e. The standard InChI is InChI=1S/C14H19N9O3/c1-2-3-4-16-18-14(24)11-10(9-22-5-7-25-8-6-22)23(21-17-11)13-12(15)19-26-20-13/h2-4H,5-9H2,1H3,(H2,15,19)(H,18,24)/b3-2-,16-4?. The summed E-state index contributed by atoms with van der Waals surface area (Å²) < 4.78 is 11.3. The van der Waals surface area contributed by atoms with Gasteiger partial charge in [-0.2, -0.15) is 9.78 Å². The molecule has 3 heterocycles. The molecule has 0 atom stereocenters. The van der Waals surface area contributed by atoms with Crippen molar-refractivity contribution in [3.05, 3.63) is 23.5 Å². The van der Waals surface area contributed by atoms with Gasteiger partial charge in [-0.1, -0.05) is 11.3 Å². The normalized spacial score (nSPS) is 15.9. The second-order valence-electron chi connectivity index (χ2n) is 5.40. The number of aromatic nitrogens is 5. The second kappa shape index (κ2) is 8.31. The van der Waals surface area contributed by atoms with Crippen LogP contribution < -0.4 is 11.2 Å². The number of nitrogens with zero attached hydrogens (tertiary/aromatic N) is 7.